The number of carbonyl (C=O) groups excluding carboxylic acids is 1. The smallest absolute Gasteiger partial charge is 0.241 e. The first kappa shape index (κ1) is 23.1. The molecule has 35 heavy (non-hydrogen) atoms. The SMILES string of the molecule is COc1ccc(S[C@@H]2C[C@@H](C(=O)Nc3ccc4nccnc4c3)N(Cc3ccccc3O)C2)cc1. The summed E-state index contributed by atoms with van der Waals surface area (Å²) in [6.07, 6.45) is 3.99. The van der Waals surface area contributed by atoms with Gasteiger partial charge < -0.3 is 15.2 Å². The van der Waals surface area contributed by atoms with Crippen molar-refractivity contribution in [2.24, 2.45) is 0 Å². The summed E-state index contributed by atoms with van der Waals surface area (Å²) >= 11 is 1.76. The average Bonchev–Trinajstić information content (AvgIpc) is 3.28. The van der Waals surface area contributed by atoms with E-state index in [9.17, 15) is 9.90 Å². The minimum Gasteiger partial charge on any atom is -0.508 e. The van der Waals surface area contributed by atoms with Crippen molar-refractivity contribution in [1.29, 1.82) is 0 Å². The van der Waals surface area contributed by atoms with Crippen LogP contribution in [0.3, 0.4) is 0 Å². The molecule has 0 radical (unpaired) electrons. The highest BCUT2D eigenvalue weighted by Crippen LogP contribution is 2.35. The number of hydrogen-bond acceptors (Lipinski definition) is 7. The number of hydrogen-bond donors (Lipinski definition) is 2. The number of phenolic OH excluding ortho intramolecular Hbond substituents is 1. The van der Waals surface area contributed by atoms with E-state index in [0.717, 1.165) is 33.8 Å². The molecule has 1 saturated heterocycles. The second kappa shape index (κ2) is 10.3. The number of nitrogens with zero attached hydrogens (tertiary/aromatic N) is 3. The lowest BCUT2D eigenvalue weighted by Crippen LogP contribution is -2.39. The maximum Gasteiger partial charge on any atom is 0.241 e. The molecule has 0 aliphatic carbocycles. The third kappa shape index (κ3) is 5.39. The van der Waals surface area contributed by atoms with Gasteiger partial charge in [0.05, 0.1) is 24.2 Å². The number of amides is 1. The summed E-state index contributed by atoms with van der Waals surface area (Å²) in [7, 11) is 1.65. The van der Waals surface area contributed by atoms with Crippen molar-refractivity contribution in [3.63, 3.8) is 0 Å². The Labute approximate surface area is 208 Å². The zero-order chi connectivity index (χ0) is 24.2. The van der Waals surface area contributed by atoms with Crippen molar-refractivity contribution in [3.05, 3.63) is 84.7 Å². The number of anilines is 1. The number of aromatic nitrogens is 2. The predicted octanol–water partition coefficient (Wildman–Crippen LogP) is 4.72. The van der Waals surface area contributed by atoms with Gasteiger partial charge in [-0.05, 0) is 55.0 Å². The number of likely N-dealkylation sites (tertiary alicyclic amines) is 1. The second-order valence-corrected chi connectivity index (χ2v) is 9.85. The summed E-state index contributed by atoms with van der Waals surface area (Å²) in [6, 6.07) is 20.5. The monoisotopic (exact) mass is 486 g/mol. The van der Waals surface area contributed by atoms with Crippen molar-refractivity contribution in [1.82, 2.24) is 14.9 Å². The number of methoxy groups -OCH3 is 1. The van der Waals surface area contributed by atoms with Crippen LogP contribution in [0.25, 0.3) is 11.0 Å². The normalized spacial score (nSPS) is 18.0. The highest BCUT2D eigenvalue weighted by molar-refractivity contribution is 8.00. The molecule has 0 spiro atoms. The van der Waals surface area contributed by atoms with E-state index in [1.54, 1.807) is 43.4 Å². The number of rotatable bonds is 7. The fourth-order valence-electron chi connectivity index (χ4n) is 4.37. The third-order valence-corrected chi connectivity index (χ3v) is 7.35. The van der Waals surface area contributed by atoms with Crippen LogP contribution in [0.2, 0.25) is 0 Å². The number of fused-ring (bicyclic) bond motifs is 1. The molecule has 1 aliphatic rings. The number of aromatic hydroxyl groups is 1. The van der Waals surface area contributed by atoms with Crippen molar-refractivity contribution in [2.45, 2.75) is 29.2 Å². The van der Waals surface area contributed by atoms with Crippen LogP contribution in [0.15, 0.2) is 84.0 Å². The standard InChI is InChI=1S/C27H26N4O3S/c1-34-20-7-9-21(10-8-20)35-22-15-25(31(17-22)16-18-4-2-3-5-26(18)32)27(33)30-19-6-11-23-24(14-19)29-13-12-28-23/h2-14,22,25,32H,15-17H2,1H3,(H,30,33)/t22-,25+/m1/s1. The first-order valence-corrected chi connectivity index (χ1v) is 12.3. The highest BCUT2D eigenvalue weighted by atomic mass is 32.2. The Morgan fingerprint density at radius 2 is 1.86 bits per heavy atom. The van der Waals surface area contributed by atoms with Gasteiger partial charge in [-0.3, -0.25) is 19.7 Å². The molecule has 1 amide bonds. The lowest BCUT2D eigenvalue weighted by Gasteiger charge is -2.24. The molecule has 0 saturated carbocycles. The van der Waals surface area contributed by atoms with E-state index in [0.29, 0.717) is 18.7 Å². The molecule has 1 fully saturated rings. The van der Waals surface area contributed by atoms with Crippen LogP contribution in [0.1, 0.15) is 12.0 Å². The van der Waals surface area contributed by atoms with Gasteiger partial charge in [0.15, 0.2) is 0 Å². The molecule has 0 bridgehead atoms. The third-order valence-electron chi connectivity index (χ3n) is 6.13. The van der Waals surface area contributed by atoms with Gasteiger partial charge in [-0.2, -0.15) is 0 Å². The Balaban J connectivity index is 1.34. The average molecular weight is 487 g/mol. The van der Waals surface area contributed by atoms with E-state index in [-0.39, 0.29) is 22.9 Å². The fraction of sp³-hybridized carbons (Fsp3) is 0.222. The molecular weight excluding hydrogens is 460 g/mol. The number of carbonyl (C=O) groups is 1. The van der Waals surface area contributed by atoms with Gasteiger partial charge in [0.25, 0.3) is 0 Å². The summed E-state index contributed by atoms with van der Waals surface area (Å²) in [4.78, 5) is 25.3. The summed E-state index contributed by atoms with van der Waals surface area (Å²) in [5, 5.41) is 13.6. The molecular formula is C27H26N4O3S. The molecule has 4 aromatic rings. The predicted molar refractivity (Wildman–Crippen MR) is 138 cm³/mol. The zero-order valence-electron chi connectivity index (χ0n) is 19.3. The summed E-state index contributed by atoms with van der Waals surface area (Å²) in [5.41, 5.74) is 3.01. The number of phenols is 1. The van der Waals surface area contributed by atoms with Crippen molar-refractivity contribution in [2.75, 3.05) is 19.0 Å². The van der Waals surface area contributed by atoms with Gasteiger partial charge in [-0.1, -0.05) is 18.2 Å². The Hall–Kier alpha value is -3.62. The number of para-hydroxylation sites is 1. The maximum absolute atomic E-state index is 13.4. The van der Waals surface area contributed by atoms with Crippen LogP contribution in [-0.2, 0) is 11.3 Å². The number of benzene rings is 3. The largest absolute Gasteiger partial charge is 0.508 e. The number of nitrogens with one attached hydrogen (secondary N) is 1. The van der Waals surface area contributed by atoms with Crippen molar-refractivity contribution in [3.8, 4) is 11.5 Å². The van der Waals surface area contributed by atoms with Crippen molar-refractivity contribution >= 4 is 34.4 Å². The molecule has 3 aromatic carbocycles. The molecule has 178 valence electrons. The van der Waals surface area contributed by atoms with Gasteiger partial charge in [-0.25, -0.2) is 0 Å². The highest BCUT2D eigenvalue weighted by Gasteiger charge is 2.37. The Kier molecular flexibility index (Phi) is 6.83. The van der Waals surface area contributed by atoms with E-state index in [1.807, 2.05) is 54.6 Å². The molecule has 1 aromatic heterocycles. The first-order chi connectivity index (χ1) is 17.1. The summed E-state index contributed by atoms with van der Waals surface area (Å²) in [5.74, 6) is 0.992. The molecule has 8 heteroatoms. The van der Waals surface area contributed by atoms with Gasteiger partial charge in [0, 0.05) is 46.9 Å². The molecule has 5 rings (SSSR count). The maximum atomic E-state index is 13.4. The first-order valence-electron chi connectivity index (χ1n) is 11.4. The summed E-state index contributed by atoms with van der Waals surface area (Å²) in [6.45, 7) is 1.22. The topological polar surface area (TPSA) is 87.6 Å². The van der Waals surface area contributed by atoms with Gasteiger partial charge in [0.1, 0.15) is 11.5 Å². The molecule has 2 heterocycles. The van der Waals surface area contributed by atoms with E-state index in [2.05, 4.69) is 20.2 Å². The molecule has 7 nitrogen and oxygen atoms in total. The van der Waals surface area contributed by atoms with E-state index < -0.39 is 0 Å². The Morgan fingerprint density at radius 1 is 1.09 bits per heavy atom. The van der Waals surface area contributed by atoms with Crippen molar-refractivity contribution < 1.29 is 14.6 Å². The lowest BCUT2D eigenvalue weighted by molar-refractivity contribution is -0.120. The second-order valence-electron chi connectivity index (χ2n) is 8.47. The van der Waals surface area contributed by atoms with Crippen LogP contribution in [0.4, 0.5) is 5.69 Å². The number of ether oxygens (including phenoxy) is 1. The Bertz CT molecular complexity index is 1330. The summed E-state index contributed by atoms with van der Waals surface area (Å²) < 4.78 is 5.26. The molecule has 1 aliphatic heterocycles. The van der Waals surface area contributed by atoms with Crippen LogP contribution >= 0.6 is 11.8 Å². The minimum absolute atomic E-state index is 0.0681. The quantitative estimate of drug-likeness (QED) is 0.391. The molecule has 0 unspecified atom stereocenters. The minimum atomic E-state index is -0.331. The Morgan fingerprint density at radius 3 is 2.63 bits per heavy atom. The zero-order valence-corrected chi connectivity index (χ0v) is 20.1. The number of thioether (sulfide) groups is 1. The van der Waals surface area contributed by atoms with Crippen LogP contribution < -0.4 is 10.1 Å². The van der Waals surface area contributed by atoms with E-state index in [4.69, 9.17) is 4.74 Å². The van der Waals surface area contributed by atoms with E-state index in [1.165, 1.54) is 0 Å². The van der Waals surface area contributed by atoms with Gasteiger partial charge >= 0.3 is 0 Å². The van der Waals surface area contributed by atoms with Gasteiger partial charge in [0.2, 0.25) is 5.91 Å². The van der Waals surface area contributed by atoms with Crippen LogP contribution in [0, 0.1) is 0 Å². The lowest BCUT2D eigenvalue weighted by atomic mass is 10.1. The van der Waals surface area contributed by atoms with Gasteiger partial charge in [-0.15, -0.1) is 11.8 Å². The molecule has 2 atom stereocenters. The van der Waals surface area contributed by atoms with Crippen LogP contribution in [0.5, 0.6) is 11.5 Å². The fourth-order valence-corrected chi connectivity index (χ4v) is 5.59. The van der Waals surface area contributed by atoms with E-state index >= 15 is 0 Å². The van der Waals surface area contributed by atoms with Crippen LogP contribution in [-0.4, -0.2) is 50.8 Å². The molecule has 2 N–H and O–H groups in total.